The molecular formula is C11H12O2. The molecule has 0 aromatic carbocycles. The van der Waals surface area contributed by atoms with Gasteiger partial charge in [0.2, 0.25) is 0 Å². The fourth-order valence-corrected chi connectivity index (χ4v) is 2.27. The summed E-state index contributed by atoms with van der Waals surface area (Å²) in [7, 11) is 0. The van der Waals surface area contributed by atoms with E-state index in [9.17, 15) is 4.79 Å². The van der Waals surface area contributed by atoms with Crippen LogP contribution in [-0.4, -0.2) is 12.6 Å². The molecule has 0 saturated heterocycles. The van der Waals surface area contributed by atoms with Crippen LogP contribution >= 0.6 is 0 Å². The molecule has 0 aliphatic heterocycles. The van der Waals surface area contributed by atoms with Crippen molar-refractivity contribution in [2.24, 2.45) is 17.8 Å². The molecule has 0 aromatic heterocycles. The first-order chi connectivity index (χ1) is 6.31. The van der Waals surface area contributed by atoms with Gasteiger partial charge >= 0.3 is 5.97 Å². The van der Waals surface area contributed by atoms with Crippen molar-refractivity contribution >= 4 is 5.97 Å². The molecule has 2 bridgehead atoms. The van der Waals surface area contributed by atoms with Crippen LogP contribution in [-0.2, 0) is 9.53 Å². The third-order valence-corrected chi connectivity index (χ3v) is 2.88. The number of fused-ring (bicyclic) bond motifs is 2. The van der Waals surface area contributed by atoms with E-state index in [1.165, 1.54) is 0 Å². The van der Waals surface area contributed by atoms with Crippen LogP contribution in [0.5, 0.6) is 0 Å². The SMILES string of the molecule is C#CCOC(=O)[C@@H]1C[C@H]2C=CC1C2. The van der Waals surface area contributed by atoms with Gasteiger partial charge in [0.25, 0.3) is 0 Å². The molecule has 68 valence electrons. The smallest absolute Gasteiger partial charge is 0.310 e. The van der Waals surface area contributed by atoms with E-state index in [4.69, 9.17) is 11.2 Å². The van der Waals surface area contributed by atoms with Crippen molar-refractivity contribution in [1.29, 1.82) is 0 Å². The number of rotatable bonds is 2. The standard InChI is InChI=1S/C11H12O2/c1-2-5-13-11(12)10-7-8-3-4-9(10)6-8/h1,3-4,8-10H,5-7H2/t8-,9?,10+/m0/s1. The molecule has 1 fully saturated rings. The second-order valence-electron chi connectivity index (χ2n) is 3.70. The van der Waals surface area contributed by atoms with E-state index in [2.05, 4.69) is 18.1 Å². The first-order valence-electron chi connectivity index (χ1n) is 4.59. The number of terminal acetylenes is 1. The molecule has 2 aliphatic rings. The molecule has 2 aliphatic carbocycles. The normalized spacial score (nSPS) is 34.5. The van der Waals surface area contributed by atoms with Crippen LogP contribution in [0.4, 0.5) is 0 Å². The van der Waals surface area contributed by atoms with Gasteiger partial charge in [0.05, 0.1) is 5.92 Å². The minimum atomic E-state index is -0.116. The Kier molecular flexibility index (Phi) is 2.10. The predicted molar refractivity (Wildman–Crippen MR) is 48.6 cm³/mol. The lowest BCUT2D eigenvalue weighted by atomic mass is 9.94. The molecular weight excluding hydrogens is 164 g/mol. The number of carbonyl (C=O) groups is 1. The number of hydrogen-bond acceptors (Lipinski definition) is 2. The van der Waals surface area contributed by atoms with E-state index >= 15 is 0 Å². The largest absolute Gasteiger partial charge is 0.452 e. The maximum absolute atomic E-state index is 11.4. The molecule has 1 saturated carbocycles. The van der Waals surface area contributed by atoms with Gasteiger partial charge in [-0.15, -0.1) is 6.42 Å². The molecule has 2 heteroatoms. The molecule has 0 aromatic rings. The van der Waals surface area contributed by atoms with Crippen LogP contribution in [0.1, 0.15) is 12.8 Å². The summed E-state index contributed by atoms with van der Waals surface area (Å²) in [5, 5.41) is 0. The third-order valence-electron chi connectivity index (χ3n) is 2.88. The lowest BCUT2D eigenvalue weighted by Gasteiger charge is -2.15. The minimum Gasteiger partial charge on any atom is -0.452 e. The Morgan fingerprint density at radius 1 is 1.54 bits per heavy atom. The molecule has 0 radical (unpaired) electrons. The van der Waals surface area contributed by atoms with Crippen LogP contribution in [0, 0.1) is 30.1 Å². The van der Waals surface area contributed by atoms with E-state index < -0.39 is 0 Å². The van der Waals surface area contributed by atoms with Gasteiger partial charge in [-0.05, 0) is 24.7 Å². The monoisotopic (exact) mass is 176 g/mol. The number of carbonyl (C=O) groups excluding carboxylic acids is 1. The van der Waals surface area contributed by atoms with Crippen LogP contribution < -0.4 is 0 Å². The van der Waals surface area contributed by atoms with Crippen molar-refractivity contribution < 1.29 is 9.53 Å². The molecule has 3 atom stereocenters. The summed E-state index contributed by atoms with van der Waals surface area (Å²) in [5.41, 5.74) is 0. The highest BCUT2D eigenvalue weighted by Gasteiger charge is 2.40. The summed E-state index contributed by atoms with van der Waals surface area (Å²) in [6, 6.07) is 0. The van der Waals surface area contributed by atoms with Crippen LogP contribution in [0.3, 0.4) is 0 Å². The molecule has 2 rings (SSSR count). The fourth-order valence-electron chi connectivity index (χ4n) is 2.27. The Balaban J connectivity index is 1.92. The summed E-state index contributed by atoms with van der Waals surface area (Å²) >= 11 is 0. The van der Waals surface area contributed by atoms with Crippen molar-refractivity contribution in [1.82, 2.24) is 0 Å². The maximum atomic E-state index is 11.4. The van der Waals surface area contributed by atoms with Gasteiger partial charge in [-0.25, -0.2) is 0 Å². The fraction of sp³-hybridized carbons (Fsp3) is 0.545. The first-order valence-corrected chi connectivity index (χ1v) is 4.59. The highest BCUT2D eigenvalue weighted by molar-refractivity contribution is 5.74. The Labute approximate surface area is 78.0 Å². The molecule has 13 heavy (non-hydrogen) atoms. The van der Waals surface area contributed by atoms with E-state index in [-0.39, 0.29) is 18.5 Å². The van der Waals surface area contributed by atoms with Crippen molar-refractivity contribution in [3.8, 4) is 12.3 Å². The Hall–Kier alpha value is -1.23. The Bertz CT molecular complexity index is 285. The summed E-state index contributed by atoms with van der Waals surface area (Å²) in [4.78, 5) is 11.4. The number of ether oxygens (including phenoxy) is 1. The van der Waals surface area contributed by atoms with E-state index in [0.29, 0.717) is 11.8 Å². The van der Waals surface area contributed by atoms with Gasteiger partial charge < -0.3 is 4.74 Å². The summed E-state index contributed by atoms with van der Waals surface area (Å²) in [6.45, 7) is 0.108. The number of esters is 1. The van der Waals surface area contributed by atoms with E-state index in [1.54, 1.807) is 0 Å². The highest BCUT2D eigenvalue weighted by Crippen LogP contribution is 2.43. The maximum Gasteiger partial charge on any atom is 0.310 e. The van der Waals surface area contributed by atoms with Gasteiger partial charge in [-0.2, -0.15) is 0 Å². The zero-order valence-corrected chi connectivity index (χ0v) is 7.40. The van der Waals surface area contributed by atoms with E-state index in [1.807, 2.05) is 0 Å². The van der Waals surface area contributed by atoms with Gasteiger partial charge in [-0.1, -0.05) is 18.1 Å². The number of allylic oxidation sites excluding steroid dienone is 2. The van der Waals surface area contributed by atoms with Crippen molar-refractivity contribution in [3.63, 3.8) is 0 Å². The molecule has 0 spiro atoms. The molecule has 1 unspecified atom stereocenters. The van der Waals surface area contributed by atoms with Crippen molar-refractivity contribution in [3.05, 3.63) is 12.2 Å². The second kappa shape index (κ2) is 3.26. The summed E-state index contributed by atoms with van der Waals surface area (Å²) < 4.78 is 4.92. The zero-order valence-electron chi connectivity index (χ0n) is 7.40. The van der Waals surface area contributed by atoms with Crippen LogP contribution in [0.15, 0.2) is 12.2 Å². The lowest BCUT2D eigenvalue weighted by molar-refractivity contribution is -0.147. The van der Waals surface area contributed by atoms with Crippen LogP contribution in [0.2, 0.25) is 0 Å². The molecule has 0 amide bonds. The second-order valence-corrected chi connectivity index (χ2v) is 3.70. The zero-order chi connectivity index (χ0) is 9.26. The van der Waals surface area contributed by atoms with Gasteiger partial charge in [0, 0.05) is 0 Å². The third kappa shape index (κ3) is 1.47. The van der Waals surface area contributed by atoms with E-state index in [0.717, 1.165) is 12.8 Å². The predicted octanol–water partition coefficient (Wildman–Crippen LogP) is 1.38. The summed E-state index contributed by atoms with van der Waals surface area (Å²) in [6.07, 6.45) is 11.4. The number of hydrogen-bond donors (Lipinski definition) is 0. The minimum absolute atomic E-state index is 0.0725. The average molecular weight is 176 g/mol. The quantitative estimate of drug-likeness (QED) is 0.361. The first kappa shape index (κ1) is 8.37. The van der Waals surface area contributed by atoms with Gasteiger partial charge in [0.1, 0.15) is 0 Å². The average Bonchev–Trinajstić information content (AvgIpc) is 2.74. The highest BCUT2D eigenvalue weighted by atomic mass is 16.5. The molecule has 0 heterocycles. The Morgan fingerprint density at radius 3 is 2.92 bits per heavy atom. The van der Waals surface area contributed by atoms with Gasteiger partial charge in [0.15, 0.2) is 6.61 Å². The topological polar surface area (TPSA) is 26.3 Å². The van der Waals surface area contributed by atoms with Crippen molar-refractivity contribution in [2.75, 3.05) is 6.61 Å². The molecule has 0 N–H and O–H groups in total. The summed E-state index contributed by atoms with van der Waals surface area (Å²) in [5.74, 6) is 3.28. The van der Waals surface area contributed by atoms with Gasteiger partial charge in [-0.3, -0.25) is 4.79 Å². The lowest BCUT2D eigenvalue weighted by Crippen LogP contribution is -2.21. The van der Waals surface area contributed by atoms with Crippen LogP contribution in [0.25, 0.3) is 0 Å². The Morgan fingerprint density at radius 2 is 2.38 bits per heavy atom. The van der Waals surface area contributed by atoms with Crippen molar-refractivity contribution in [2.45, 2.75) is 12.8 Å². The molecule has 2 nitrogen and oxygen atoms in total.